The molecule has 3 amide bonds. The van der Waals surface area contributed by atoms with Gasteiger partial charge in [0.25, 0.3) is 5.91 Å². The number of amides is 3. The first kappa shape index (κ1) is 27.2. The second-order valence-electron chi connectivity index (χ2n) is 10.9. The van der Waals surface area contributed by atoms with Crippen LogP contribution >= 0.6 is 0 Å². The largest absolute Gasteiger partial charge is 0.480 e. The lowest BCUT2D eigenvalue weighted by molar-refractivity contribution is -0.134. The van der Waals surface area contributed by atoms with Crippen molar-refractivity contribution in [2.75, 3.05) is 56.2 Å². The molecule has 3 N–H and O–H groups in total. The van der Waals surface area contributed by atoms with Crippen molar-refractivity contribution in [1.82, 2.24) is 20.6 Å². The van der Waals surface area contributed by atoms with Crippen molar-refractivity contribution in [1.29, 1.82) is 0 Å². The quantitative estimate of drug-likeness (QED) is 0.375. The van der Waals surface area contributed by atoms with E-state index in [0.29, 0.717) is 61.8 Å². The standard InChI is InChI=1S/C28H34N6O7/c1-15-20-7-17(8-21(20)16(2)31-27(15)40-12-19-10-30-24(35)13-38-19)9-29-6-5-18-11-34(28(37)41-18)23-4-3-22-26(32-23)33-25(36)14-39-22/h3-4,17-19,29H,5-14H2,1-2H3,(H,30,35)(H,32,33,36). The number of nitrogens with one attached hydrogen (secondary N) is 3. The van der Waals surface area contributed by atoms with Crippen LogP contribution in [0.5, 0.6) is 11.6 Å². The summed E-state index contributed by atoms with van der Waals surface area (Å²) in [6.45, 7) is 6.81. The normalized spacial score (nSPS) is 23.3. The molecule has 0 radical (unpaired) electrons. The molecule has 3 atom stereocenters. The van der Waals surface area contributed by atoms with E-state index in [4.69, 9.17) is 23.9 Å². The van der Waals surface area contributed by atoms with Crippen molar-refractivity contribution < 1.29 is 33.3 Å². The van der Waals surface area contributed by atoms with Crippen LogP contribution in [0.3, 0.4) is 0 Å². The molecule has 5 heterocycles. The zero-order valence-electron chi connectivity index (χ0n) is 23.2. The molecule has 0 saturated carbocycles. The molecule has 41 heavy (non-hydrogen) atoms. The fraction of sp³-hybridized carbons (Fsp3) is 0.536. The Morgan fingerprint density at radius 1 is 1.07 bits per heavy atom. The Hall–Kier alpha value is -3.97. The molecule has 2 aromatic rings. The Morgan fingerprint density at radius 3 is 2.76 bits per heavy atom. The number of hydrogen-bond acceptors (Lipinski definition) is 10. The first-order chi connectivity index (χ1) is 19.8. The van der Waals surface area contributed by atoms with Crippen LogP contribution in [0, 0.1) is 19.8 Å². The molecule has 0 spiro atoms. The molecule has 13 nitrogen and oxygen atoms in total. The number of fused-ring (bicyclic) bond motifs is 2. The molecule has 3 aliphatic heterocycles. The van der Waals surface area contributed by atoms with Crippen molar-refractivity contribution in [3.8, 4) is 11.6 Å². The number of rotatable bonds is 9. The van der Waals surface area contributed by atoms with Gasteiger partial charge in [-0.3, -0.25) is 14.5 Å². The van der Waals surface area contributed by atoms with Crippen LogP contribution in [0.2, 0.25) is 0 Å². The second kappa shape index (κ2) is 11.5. The number of carbonyl (C=O) groups is 3. The molecular formula is C28H34N6O7. The number of carbonyl (C=O) groups excluding carboxylic acids is 3. The molecule has 1 aliphatic carbocycles. The molecule has 2 aromatic heterocycles. The second-order valence-corrected chi connectivity index (χ2v) is 10.9. The number of pyridine rings is 2. The molecule has 4 aliphatic rings. The summed E-state index contributed by atoms with van der Waals surface area (Å²) in [5.41, 5.74) is 4.65. The summed E-state index contributed by atoms with van der Waals surface area (Å²) in [7, 11) is 0. The molecule has 2 fully saturated rings. The molecule has 13 heteroatoms. The van der Waals surface area contributed by atoms with Gasteiger partial charge in [-0.1, -0.05) is 0 Å². The Balaban J connectivity index is 0.965. The van der Waals surface area contributed by atoms with Crippen LogP contribution in [0.1, 0.15) is 28.8 Å². The van der Waals surface area contributed by atoms with Gasteiger partial charge in [0.1, 0.15) is 31.2 Å². The molecule has 2 saturated heterocycles. The van der Waals surface area contributed by atoms with Crippen molar-refractivity contribution in [3.63, 3.8) is 0 Å². The number of ether oxygens (including phenoxy) is 4. The number of anilines is 2. The minimum atomic E-state index is -0.451. The lowest BCUT2D eigenvalue weighted by Gasteiger charge is -2.23. The smallest absolute Gasteiger partial charge is 0.415 e. The number of nitrogens with zero attached hydrogens (tertiary/aromatic N) is 3. The van der Waals surface area contributed by atoms with Gasteiger partial charge < -0.3 is 34.9 Å². The van der Waals surface area contributed by atoms with E-state index in [-0.39, 0.29) is 37.2 Å². The topological polar surface area (TPSA) is 153 Å². The van der Waals surface area contributed by atoms with Gasteiger partial charge in [0.05, 0.1) is 6.54 Å². The minimum absolute atomic E-state index is 0.0491. The highest BCUT2D eigenvalue weighted by Crippen LogP contribution is 2.35. The molecule has 0 aromatic carbocycles. The zero-order valence-corrected chi connectivity index (χ0v) is 23.2. The number of aromatic nitrogens is 2. The molecule has 6 rings (SSSR count). The van der Waals surface area contributed by atoms with Gasteiger partial charge in [-0.05, 0) is 75.4 Å². The maximum absolute atomic E-state index is 12.5. The SMILES string of the molecule is Cc1nc(OCC2CNC(=O)CO2)c(C)c2c1CC(CNCCC1CN(c3ccc4c(n3)NC(=O)CO4)C(=O)O1)C2. The van der Waals surface area contributed by atoms with Gasteiger partial charge >= 0.3 is 6.09 Å². The Morgan fingerprint density at radius 2 is 1.93 bits per heavy atom. The van der Waals surface area contributed by atoms with Gasteiger partial charge in [0.15, 0.2) is 18.2 Å². The van der Waals surface area contributed by atoms with Crippen molar-refractivity contribution in [2.45, 2.75) is 45.3 Å². The zero-order chi connectivity index (χ0) is 28.5. The predicted molar refractivity (Wildman–Crippen MR) is 146 cm³/mol. The lowest BCUT2D eigenvalue weighted by Crippen LogP contribution is -2.45. The molecule has 0 bridgehead atoms. The third kappa shape index (κ3) is 5.91. The number of aryl methyl sites for hydroxylation is 1. The summed E-state index contributed by atoms with van der Waals surface area (Å²) in [5.74, 6) is 1.89. The van der Waals surface area contributed by atoms with E-state index in [2.05, 4.69) is 27.9 Å². The summed E-state index contributed by atoms with van der Waals surface area (Å²) in [6, 6.07) is 3.38. The summed E-state index contributed by atoms with van der Waals surface area (Å²) in [5, 5.41) is 8.99. The van der Waals surface area contributed by atoms with Crippen molar-refractivity contribution >= 4 is 29.5 Å². The number of hydrogen-bond donors (Lipinski definition) is 3. The third-order valence-electron chi connectivity index (χ3n) is 7.90. The lowest BCUT2D eigenvalue weighted by atomic mass is 10.0. The highest BCUT2D eigenvalue weighted by Gasteiger charge is 2.34. The van der Waals surface area contributed by atoms with E-state index in [1.807, 2.05) is 6.92 Å². The van der Waals surface area contributed by atoms with E-state index >= 15 is 0 Å². The van der Waals surface area contributed by atoms with Crippen LogP contribution in [-0.2, 0) is 31.9 Å². The average molecular weight is 567 g/mol. The highest BCUT2D eigenvalue weighted by molar-refractivity contribution is 5.95. The summed E-state index contributed by atoms with van der Waals surface area (Å²) in [6.07, 6.45) is 1.68. The van der Waals surface area contributed by atoms with Crippen LogP contribution < -0.4 is 30.3 Å². The van der Waals surface area contributed by atoms with Gasteiger partial charge in [-0.25, -0.2) is 14.8 Å². The average Bonchev–Trinajstić information content (AvgIpc) is 3.57. The van der Waals surface area contributed by atoms with Crippen LogP contribution in [0.4, 0.5) is 16.4 Å². The van der Waals surface area contributed by atoms with E-state index in [9.17, 15) is 14.4 Å². The summed E-state index contributed by atoms with van der Waals surface area (Å²) < 4.78 is 22.4. The first-order valence-corrected chi connectivity index (χ1v) is 14.0. The van der Waals surface area contributed by atoms with Gasteiger partial charge in [0, 0.05) is 17.8 Å². The van der Waals surface area contributed by atoms with E-state index in [1.54, 1.807) is 12.1 Å². The number of cyclic esters (lactones) is 1. The Bertz CT molecular complexity index is 1360. The fourth-order valence-electron chi connectivity index (χ4n) is 5.70. The summed E-state index contributed by atoms with van der Waals surface area (Å²) >= 11 is 0. The molecular weight excluding hydrogens is 532 g/mol. The third-order valence-corrected chi connectivity index (χ3v) is 7.90. The Kier molecular flexibility index (Phi) is 7.63. The van der Waals surface area contributed by atoms with Crippen molar-refractivity contribution in [3.05, 3.63) is 34.5 Å². The van der Waals surface area contributed by atoms with Gasteiger partial charge in [0.2, 0.25) is 11.8 Å². The van der Waals surface area contributed by atoms with Crippen LogP contribution in [0.25, 0.3) is 0 Å². The fourth-order valence-corrected chi connectivity index (χ4v) is 5.70. The van der Waals surface area contributed by atoms with E-state index in [1.165, 1.54) is 16.0 Å². The molecule has 3 unspecified atom stereocenters. The van der Waals surface area contributed by atoms with E-state index in [0.717, 1.165) is 30.6 Å². The molecule has 218 valence electrons. The Labute approximate surface area is 237 Å². The highest BCUT2D eigenvalue weighted by atomic mass is 16.6. The van der Waals surface area contributed by atoms with Gasteiger partial charge in [-0.15, -0.1) is 0 Å². The number of morpholine rings is 1. The maximum Gasteiger partial charge on any atom is 0.415 e. The monoisotopic (exact) mass is 566 g/mol. The predicted octanol–water partition coefficient (Wildman–Crippen LogP) is 1.04. The van der Waals surface area contributed by atoms with E-state index < -0.39 is 6.09 Å². The maximum atomic E-state index is 12.5. The van der Waals surface area contributed by atoms with Crippen LogP contribution in [0.15, 0.2) is 12.1 Å². The van der Waals surface area contributed by atoms with Crippen LogP contribution in [-0.4, -0.2) is 86.1 Å². The summed E-state index contributed by atoms with van der Waals surface area (Å²) in [4.78, 5) is 46.0. The van der Waals surface area contributed by atoms with Gasteiger partial charge in [-0.2, -0.15) is 0 Å². The van der Waals surface area contributed by atoms with Crippen molar-refractivity contribution in [2.24, 2.45) is 5.92 Å². The first-order valence-electron chi connectivity index (χ1n) is 14.0. The minimum Gasteiger partial charge on any atom is -0.480 e.